The minimum Gasteiger partial charge on any atom is -0.484 e. The van der Waals surface area contributed by atoms with E-state index in [0.29, 0.717) is 5.56 Å². The summed E-state index contributed by atoms with van der Waals surface area (Å²) in [6.07, 6.45) is 9.93. The molecule has 0 saturated heterocycles. The molecular formula is C21H18N6O. The van der Waals surface area contributed by atoms with Crippen LogP contribution in [0.3, 0.4) is 0 Å². The van der Waals surface area contributed by atoms with Crippen molar-refractivity contribution in [1.82, 2.24) is 24.5 Å². The van der Waals surface area contributed by atoms with Gasteiger partial charge >= 0.3 is 0 Å². The summed E-state index contributed by atoms with van der Waals surface area (Å²) in [5, 5.41) is 18.9. The van der Waals surface area contributed by atoms with Gasteiger partial charge in [-0.2, -0.15) is 15.5 Å². The van der Waals surface area contributed by atoms with E-state index in [0.717, 1.165) is 52.9 Å². The molecule has 1 unspecified atom stereocenters. The quantitative estimate of drug-likeness (QED) is 0.551. The van der Waals surface area contributed by atoms with E-state index in [1.165, 1.54) is 0 Å². The van der Waals surface area contributed by atoms with Crippen molar-refractivity contribution in [2.45, 2.75) is 25.4 Å². The minimum atomic E-state index is -0.108. The first-order chi connectivity index (χ1) is 13.7. The van der Waals surface area contributed by atoms with Gasteiger partial charge in [-0.05, 0) is 43.0 Å². The highest BCUT2D eigenvalue weighted by Gasteiger charge is 2.24. The van der Waals surface area contributed by atoms with Crippen LogP contribution in [-0.2, 0) is 13.5 Å². The van der Waals surface area contributed by atoms with E-state index in [4.69, 9.17) is 10.00 Å². The van der Waals surface area contributed by atoms with E-state index in [1.54, 1.807) is 17.1 Å². The summed E-state index contributed by atoms with van der Waals surface area (Å²) in [6.45, 7) is 0. The van der Waals surface area contributed by atoms with Crippen molar-refractivity contribution in [2.24, 2.45) is 7.05 Å². The molecule has 0 aliphatic heterocycles. The summed E-state index contributed by atoms with van der Waals surface area (Å²) >= 11 is 0. The normalized spacial score (nSPS) is 15.9. The molecule has 0 saturated carbocycles. The van der Waals surface area contributed by atoms with E-state index >= 15 is 0 Å². The van der Waals surface area contributed by atoms with Crippen molar-refractivity contribution >= 4 is 10.9 Å². The van der Waals surface area contributed by atoms with Crippen LogP contribution in [0, 0.1) is 11.3 Å². The number of aromatic nitrogens is 5. The first kappa shape index (κ1) is 16.5. The van der Waals surface area contributed by atoms with Crippen LogP contribution in [0.2, 0.25) is 0 Å². The second-order valence-corrected chi connectivity index (χ2v) is 7.03. The number of hydrogen-bond donors (Lipinski definition) is 0. The summed E-state index contributed by atoms with van der Waals surface area (Å²) in [7, 11) is 1.88. The highest BCUT2D eigenvalue weighted by Crippen LogP contribution is 2.34. The number of fused-ring (bicyclic) bond motifs is 2. The van der Waals surface area contributed by atoms with Gasteiger partial charge in [-0.15, -0.1) is 0 Å². The average molecular weight is 370 g/mol. The number of nitrogens with zero attached hydrogens (tertiary/aromatic N) is 6. The van der Waals surface area contributed by atoms with Gasteiger partial charge in [-0.25, -0.2) is 4.68 Å². The standard InChI is InChI=1S/C21H18N6O/c1-26-13-17(12-24-26)27-19-8-18(6-5-16(19)11-25-27)28-20-4-2-3-15-7-14(9-22)10-23-21(15)20/h5-8,10-13,20H,2-4H2,1H3. The SMILES string of the molecule is Cn1cc(-n2ncc3ccc(OC4CCCc5cc(C#N)cnc54)cc32)cn1. The number of pyridine rings is 1. The second kappa shape index (κ2) is 6.50. The average Bonchev–Trinajstić information content (AvgIpc) is 3.33. The van der Waals surface area contributed by atoms with E-state index in [2.05, 4.69) is 21.3 Å². The maximum absolute atomic E-state index is 9.11. The summed E-state index contributed by atoms with van der Waals surface area (Å²) in [5.74, 6) is 0.780. The fraction of sp³-hybridized carbons (Fsp3) is 0.238. The Labute approximate surface area is 161 Å². The van der Waals surface area contributed by atoms with E-state index in [-0.39, 0.29) is 6.10 Å². The van der Waals surface area contributed by atoms with Crippen molar-refractivity contribution < 1.29 is 4.74 Å². The Morgan fingerprint density at radius 1 is 1.18 bits per heavy atom. The Bertz CT molecular complexity index is 1220. The molecule has 7 heteroatoms. The molecule has 0 bridgehead atoms. The Kier molecular flexibility index (Phi) is 3.83. The van der Waals surface area contributed by atoms with Gasteiger partial charge in [0.25, 0.3) is 0 Å². The summed E-state index contributed by atoms with van der Waals surface area (Å²) in [4.78, 5) is 4.51. The smallest absolute Gasteiger partial charge is 0.141 e. The van der Waals surface area contributed by atoms with E-state index in [9.17, 15) is 0 Å². The van der Waals surface area contributed by atoms with Gasteiger partial charge in [0.1, 0.15) is 23.6 Å². The monoisotopic (exact) mass is 370 g/mol. The van der Waals surface area contributed by atoms with Gasteiger partial charge in [0, 0.05) is 24.7 Å². The lowest BCUT2D eigenvalue weighted by molar-refractivity contribution is 0.178. The molecule has 1 aliphatic carbocycles. The Hall–Kier alpha value is -3.66. The summed E-state index contributed by atoms with van der Waals surface area (Å²) in [5.41, 5.74) is 4.52. The van der Waals surface area contributed by atoms with Crippen LogP contribution >= 0.6 is 0 Å². The fourth-order valence-corrected chi connectivity index (χ4v) is 3.76. The van der Waals surface area contributed by atoms with E-state index in [1.807, 2.05) is 48.4 Å². The number of ether oxygens (including phenoxy) is 1. The van der Waals surface area contributed by atoms with Crippen molar-refractivity contribution in [1.29, 1.82) is 5.26 Å². The van der Waals surface area contributed by atoms with Crippen molar-refractivity contribution in [3.63, 3.8) is 0 Å². The van der Waals surface area contributed by atoms with Gasteiger partial charge in [-0.1, -0.05) is 0 Å². The molecule has 1 aliphatic rings. The lowest BCUT2D eigenvalue weighted by atomic mass is 9.93. The Morgan fingerprint density at radius 3 is 2.93 bits per heavy atom. The maximum atomic E-state index is 9.11. The first-order valence-corrected chi connectivity index (χ1v) is 9.23. The summed E-state index contributed by atoms with van der Waals surface area (Å²) in [6, 6.07) is 10.1. The number of rotatable bonds is 3. The predicted octanol–water partition coefficient (Wildman–Crippen LogP) is 3.48. The van der Waals surface area contributed by atoms with Crippen LogP contribution in [-0.4, -0.2) is 24.5 Å². The Balaban J connectivity index is 1.49. The lowest BCUT2D eigenvalue weighted by Gasteiger charge is -2.25. The highest BCUT2D eigenvalue weighted by molar-refractivity contribution is 5.81. The largest absolute Gasteiger partial charge is 0.484 e. The molecule has 1 aromatic carbocycles. The molecule has 28 heavy (non-hydrogen) atoms. The van der Waals surface area contributed by atoms with Crippen molar-refractivity contribution in [3.05, 3.63) is 65.9 Å². The third-order valence-electron chi connectivity index (χ3n) is 5.10. The molecule has 0 N–H and O–H groups in total. The second-order valence-electron chi connectivity index (χ2n) is 7.03. The number of benzene rings is 1. The number of hydrogen-bond acceptors (Lipinski definition) is 5. The molecule has 0 spiro atoms. The van der Waals surface area contributed by atoms with Crippen LogP contribution < -0.4 is 4.74 Å². The van der Waals surface area contributed by atoms with Crippen LogP contribution in [0.25, 0.3) is 16.6 Å². The van der Waals surface area contributed by atoms with Crippen LogP contribution in [0.15, 0.2) is 49.1 Å². The van der Waals surface area contributed by atoms with Gasteiger partial charge in [-0.3, -0.25) is 9.67 Å². The van der Waals surface area contributed by atoms with Crippen LogP contribution in [0.1, 0.15) is 35.8 Å². The molecule has 0 fully saturated rings. The molecular weight excluding hydrogens is 352 g/mol. The number of aryl methyl sites for hydroxylation is 2. The molecule has 7 nitrogen and oxygen atoms in total. The van der Waals surface area contributed by atoms with Gasteiger partial charge in [0.05, 0.1) is 35.4 Å². The van der Waals surface area contributed by atoms with Crippen molar-refractivity contribution in [2.75, 3.05) is 0 Å². The molecule has 3 aromatic heterocycles. The molecule has 4 aromatic rings. The van der Waals surface area contributed by atoms with Crippen LogP contribution in [0.4, 0.5) is 0 Å². The zero-order valence-corrected chi connectivity index (χ0v) is 15.4. The Morgan fingerprint density at radius 2 is 2.11 bits per heavy atom. The molecule has 0 radical (unpaired) electrons. The zero-order valence-electron chi connectivity index (χ0n) is 15.4. The highest BCUT2D eigenvalue weighted by atomic mass is 16.5. The zero-order chi connectivity index (χ0) is 19.1. The third kappa shape index (κ3) is 2.79. The molecule has 0 amide bonds. The molecule has 138 valence electrons. The van der Waals surface area contributed by atoms with Crippen LogP contribution in [0.5, 0.6) is 5.75 Å². The van der Waals surface area contributed by atoms with Gasteiger partial charge in [0.2, 0.25) is 0 Å². The molecule has 1 atom stereocenters. The maximum Gasteiger partial charge on any atom is 0.141 e. The van der Waals surface area contributed by atoms with E-state index < -0.39 is 0 Å². The van der Waals surface area contributed by atoms with Gasteiger partial charge < -0.3 is 4.74 Å². The summed E-state index contributed by atoms with van der Waals surface area (Å²) < 4.78 is 9.94. The third-order valence-corrected chi connectivity index (χ3v) is 5.10. The topological polar surface area (TPSA) is 81.5 Å². The molecule has 5 rings (SSSR count). The number of nitriles is 1. The minimum absolute atomic E-state index is 0.108. The lowest BCUT2D eigenvalue weighted by Crippen LogP contribution is -2.17. The van der Waals surface area contributed by atoms with Gasteiger partial charge in [0.15, 0.2) is 0 Å². The first-order valence-electron chi connectivity index (χ1n) is 9.23. The molecule has 3 heterocycles. The fourth-order valence-electron chi connectivity index (χ4n) is 3.76. The van der Waals surface area contributed by atoms with Crippen molar-refractivity contribution in [3.8, 4) is 17.5 Å². The predicted molar refractivity (Wildman–Crippen MR) is 103 cm³/mol.